The van der Waals surface area contributed by atoms with Crippen molar-refractivity contribution in [2.45, 2.75) is 62.2 Å². The Morgan fingerprint density at radius 2 is 0.833 bits per heavy atom. The number of fused-ring (bicyclic) bond motifs is 10. The summed E-state index contributed by atoms with van der Waals surface area (Å²) in [6.07, 6.45) is 7.15. The minimum absolute atomic E-state index is 0.528. The third-order valence-electron chi connectivity index (χ3n) is 6.10. The highest BCUT2D eigenvalue weighted by atomic mass is 16.3. The molecule has 2 fully saturated rings. The average Bonchev–Trinajstić information content (AvgIpc) is 3.10. The number of aromatic hydroxyl groups is 2. The molecule has 0 aromatic heterocycles. The lowest BCUT2D eigenvalue weighted by molar-refractivity contribution is 0.426. The molecule has 0 saturated heterocycles. The Bertz CT molecular complexity index is 479. The van der Waals surface area contributed by atoms with Crippen LogP contribution in [-0.4, -0.2) is 10.2 Å². The highest BCUT2D eigenvalue weighted by Gasteiger charge is 2.48. The first-order chi connectivity index (χ1) is 8.75. The standard InChI is InChI=1S/C16H18O2/c17-15-11-7-1-2-8(5-7)12(11)16(18)14-10-4-3-9(6-10)13(14)15/h7-10,17-18H,1-6H2. The Labute approximate surface area is 107 Å². The Balaban J connectivity index is 1.87. The minimum Gasteiger partial charge on any atom is -0.507 e. The van der Waals surface area contributed by atoms with Crippen molar-refractivity contribution < 1.29 is 10.2 Å². The molecule has 1 aromatic rings. The van der Waals surface area contributed by atoms with Gasteiger partial charge < -0.3 is 10.2 Å². The Kier molecular flexibility index (Phi) is 1.55. The van der Waals surface area contributed by atoms with Crippen LogP contribution >= 0.6 is 0 Å². The van der Waals surface area contributed by atoms with Crippen molar-refractivity contribution in [3.63, 3.8) is 0 Å². The molecule has 2 saturated carbocycles. The van der Waals surface area contributed by atoms with Crippen molar-refractivity contribution in [2.75, 3.05) is 0 Å². The monoisotopic (exact) mass is 242 g/mol. The van der Waals surface area contributed by atoms with Crippen LogP contribution in [0.15, 0.2) is 0 Å². The molecule has 0 spiro atoms. The maximum atomic E-state index is 10.7. The topological polar surface area (TPSA) is 40.5 Å². The Morgan fingerprint density at radius 1 is 0.556 bits per heavy atom. The summed E-state index contributed by atoms with van der Waals surface area (Å²) in [4.78, 5) is 0. The van der Waals surface area contributed by atoms with Gasteiger partial charge in [-0.3, -0.25) is 0 Å². The molecule has 4 aliphatic carbocycles. The van der Waals surface area contributed by atoms with Gasteiger partial charge in [0.15, 0.2) is 0 Å². The summed E-state index contributed by atoms with van der Waals surface area (Å²) in [6.45, 7) is 0. The highest BCUT2D eigenvalue weighted by molar-refractivity contribution is 5.67. The molecule has 4 aliphatic rings. The maximum Gasteiger partial charge on any atom is 0.123 e. The van der Waals surface area contributed by atoms with Crippen LogP contribution in [0, 0.1) is 0 Å². The van der Waals surface area contributed by atoms with Crippen molar-refractivity contribution in [1.29, 1.82) is 0 Å². The van der Waals surface area contributed by atoms with Crippen LogP contribution in [0.25, 0.3) is 0 Å². The number of hydrogen-bond donors (Lipinski definition) is 2. The van der Waals surface area contributed by atoms with E-state index in [9.17, 15) is 10.2 Å². The summed E-state index contributed by atoms with van der Waals surface area (Å²) in [5, 5.41) is 21.4. The van der Waals surface area contributed by atoms with E-state index in [0.717, 1.165) is 35.1 Å². The van der Waals surface area contributed by atoms with E-state index in [1.807, 2.05) is 0 Å². The summed E-state index contributed by atoms with van der Waals surface area (Å²) in [5.41, 5.74) is 4.54. The molecule has 2 heteroatoms. The van der Waals surface area contributed by atoms with Gasteiger partial charge in [0, 0.05) is 22.3 Å². The van der Waals surface area contributed by atoms with E-state index >= 15 is 0 Å². The van der Waals surface area contributed by atoms with E-state index in [2.05, 4.69) is 0 Å². The second-order valence-corrected chi connectivity index (χ2v) is 6.77. The molecule has 94 valence electrons. The molecule has 4 bridgehead atoms. The van der Waals surface area contributed by atoms with Gasteiger partial charge in [0.1, 0.15) is 11.5 Å². The van der Waals surface area contributed by atoms with Crippen LogP contribution in [0.1, 0.15) is 84.5 Å². The van der Waals surface area contributed by atoms with E-state index in [1.54, 1.807) is 0 Å². The van der Waals surface area contributed by atoms with E-state index in [1.165, 1.54) is 25.7 Å². The predicted octanol–water partition coefficient (Wildman–Crippen LogP) is 3.83. The first-order valence-electron chi connectivity index (χ1n) is 7.37. The molecule has 0 heterocycles. The molecule has 0 aliphatic heterocycles. The molecule has 4 atom stereocenters. The molecule has 2 nitrogen and oxygen atoms in total. The largest absolute Gasteiger partial charge is 0.507 e. The molecular formula is C16H18O2. The van der Waals surface area contributed by atoms with Crippen LogP contribution < -0.4 is 0 Å². The fraction of sp³-hybridized carbons (Fsp3) is 0.625. The van der Waals surface area contributed by atoms with E-state index in [4.69, 9.17) is 0 Å². The Hall–Kier alpha value is -1.18. The fourth-order valence-electron chi connectivity index (χ4n) is 5.47. The summed E-state index contributed by atoms with van der Waals surface area (Å²) >= 11 is 0. The number of rotatable bonds is 0. The molecule has 0 radical (unpaired) electrons. The van der Waals surface area contributed by atoms with E-state index in [-0.39, 0.29) is 0 Å². The second kappa shape index (κ2) is 2.87. The summed E-state index contributed by atoms with van der Waals surface area (Å²) in [6, 6.07) is 0. The SMILES string of the molecule is Oc1c2c(c(O)c3c1C1CCC3C1)C1CCC2C1. The highest BCUT2D eigenvalue weighted by Crippen LogP contribution is 2.66. The average molecular weight is 242 g/mol. The number of phenolic OH excluding ortho intramolecular Hbond substituents is 2. The third-order valence-corrected chi connectivity index (χ3v) is 6.10. The van der Waals surface area contributed by atoms with Crippen molar-refractivity contribution in [1.82, 2.24) is 0 Å². The van der Waals surface area contributed by atoms with Gasteiger partial charge in [-0.2, -0.15) is 0 Å². The van der Waals surface area contributed by atoms with Gasteiger partial charge in [0.25, 0.3) is 0 Å². The molecule has 2 N–H and O–H groups in total. The van der Waals surface area contributed by atoms with Crippen LogP contribution in [-0.2, 0) is 0 Å². The first-order valence-corrected chi connectivity index (χ1v) is 7.37. The summed E-state index contributed by atoms with van der Waals surface area (Å²) in [5.74, 6) is 3.27. The van der Waals surface area contributed by atoms with Gasteiger partial charge >= 0.3 is 0 Å². The van der Waals surface area contributed by atoms with Gasteiger partial charge in [-0.05, 0) is 62.2 Å². The number of phenols is 2. The fourth-order valence-corrected chi connectivity index (χ4v) is 5.47. The maximum absolute atomic E-state index is 10.7. The molecule has 1 aromatic carbocycles. The first kappa shape index (κ1) is 9.71. The molecule has 0 amide bonds. The third kappa shape index (κ3) is 0.877. The second-order valence-electron chi connectivity index (χ2n) is 6.77. The van der Waals surface area contributed by atoms with Crippen molar-refractivity contribution >= 4 is 0 Å². The quantitative estimate of drug-likeness (QED) is 0.679. The van der Waals surface area contributed by atoms with Crippen LogP contribution in [0.3, 0.4) is 0 Å². The zero-order valence-electron chi connectivity index (χ0n) is 10.4. The van der Waals surface area contributed by atoms with E-state index in [0.29, 0.717) is 35.2 Å². The van der Waals surface area contributed by atoms with Gasteiger partial charge in [-0.25, -0.2) is 0 Å². The number of hydrogen-bond acceptors (Lipinski definition) is 2. The van der Waals surface area contributed by atoms with Gasteiger partial charge in [-0.15, -0.1) is 0 Å². The van der Waals surface area contributed by atoms with Crippen LogP contribution in [0.2, 0.25) is 0 Å². The van der Waals surface area contributed by atoms with Crippen molar-refractivity contribution in [2.24, 2.45) is 0 Å². The van der Waals surface area contributed by atoms with Crippen molar-refractivity contribution in [3.8, 4) is 11.5 Å². The molecule has 5 rings (SSSR count). The number of benzene rings is 1. The zero-order valence-corrected chi connectivity index (χ0v) is 10.4. The lowest BCUT2D eigenvalue weighted by Gasteiger charge is -2.25. The normalized spacial score (nSPS) is 38.2. The molecule has 4 unspecified atom stereocenters. The summed E-state index contributed by atoms with van der Waals surface area (Å²) in [7, 11) is 0. The minimum atomic E-state index is 0.528. The van der Waals surface area contributed by atoms with Crippen LogP contribution in [0.5, 0.6) is 11.5 Å². The summed E-state index contributed by atoms with van der Waals surface area (Å²) < 4.78 is 0. The van der Waals surface area contributed by atoms with E-state index < -0.39 is 0 Å². The van der Waals surface area contributed by atoms with Gasteiger partial charge in [0.05, 0.1) is 0 Å². The lowest BCUT2D eigenvalue weighted by Crippen LogP contribution is -2.07. The zero-order chi connectivity index (χ0) is 12.0. The van der Waals surface area contributed by atoms with Gasteiger partial charge in [0.2, 0.25) is 0 Å². The Morgan fingerprint density at radius 3 is 1.11 bits per heavy atom. The van der Waals surface area contributed by atoms with Crippen LogP contribution in [0.4, 0.5) is 0 Å². The smallest absolute Gasteiger partial charge is 0.123 e. The molecular weight excluding hydrogens is 224 g/mol. The predicted molar refractivity (Wildman–Crippen MR) is 68.4 cm³/mol. The molecule has 18 heavy (non-hydrogen) atoms. The lowest BCUT2D eigenvalue weighted by atomic mass is 9.81. The van der Waals surface area contributed by atoms with Gasteiger partial charge in [-0.1, -0.05) is 0 Å². The van der Waals surface area contributed by atoms with Crippen molar-refractivity contribution in [3.05, 3.63) is 22.3 Å².